The van der Waals surface area contributed by atoms with Crippen molar-refractivity contribution >= 4 is 0 Å². The molecule has 1 aromatic heterocycles. The van der Waals surface area contributed by atoms with Crippen molar-refractivity contribution in [1.82, 2.24) is 15.1 Å². The number of phenols is 1. The maximum absolute atomic E-state index is 9.64. The van der Waals surface area contributed by atoms with Crippen molar-refractivity contribution in [2.75, 3.05) is 0 Å². The van der Waals surface area contributed by atoms with Gasteiger partial charge in [0.05, 0.1) is 6.20 Å². The van der Waals surface area contributed by atoms with Crippen LogP contribution in [0.2, 0.25) is 0 Å². The van der Waals surface area contributed by atoms with Crippen LogP contribution in [-0.2, 0) is 13.5 Å². The van der Waals surface area contributed by atoms with Crippen molar-refractivity contribution in [2.45, 2.75) is 45.2 Å². The molecule has 0 fully saturated rings. The van der Waals surface area contributed by atoms with E-state index in [1.165, 1.54) is 22.4 Å². The molecule has 2 aromatic rings. The summed E-state index contributed by atoms with van der Waals surface area (Å²) in [6, 6.07) is 6.37. The van der Waals surface area contributed by atoms with Crippen molar-refractivity contribution < 1.29 is 5.11 Å². The number of benzene rings is 1. The van der Waals surface area contributed by atoms with Gasteiger partial charge < -0.3 is 10.4 Å². The van der Waals surface area contributed by atoms with Crippen LogP contribution in [-0.4, -0.2) is 14.9 Å². The first-order valence-electron chi connectivity index (χ1n) is 7.62. The topological polar surface area (TPSA) is 50.1 Å². The molecule has 1 aliphatic rings. The van der Waals surface area contributed by atoms with E-state index in [4.69, 9.17) is 0 Å². The molecule has 1 heterocycles. The summed E-state index contributed by atoms with van der Waals surface area (Å²) in [5.74, 6) is 0.366. The lowest BCUT2D eigenvalue weighted by atomic mass is 9.87. The Balaban J connectivity index is 1.82. The summed E-state index contributed by atoms with van der Waals surface area (Å²) < 4.78 is 1.92. The van der Waals surface area contributed by atoms with E-state index in [-0.39, 0.29) is 6.04 Å². The van der Waals surface area contributed by atoms with Crippen LogP contribution in [0.5, 0.6) is 5.75 Å². The number of hydrogen-bond acceptors (Lipinski definition) is 3. The summed E-state index contributed by atoms with van der Waals surface area (Å²) in [6.45, 7) is 4.30. The zero-order valence-electron chi connectivity index (χ0n) is 12.9. The van der Waals surface area contributed by atoms with Crippen molar-refractivity contribution in [3.63, 3.8) is 0 Å². The number of rotatable bonds is 3. The van der Waals surface area contributed by atoms with Crippen LogP contribution in [0.4, 0.5) is 0 Å². The number of nitrogens with one attached hydrogen (secondary N) is 1. The molecule has 0 saturated heterocycles. The molecule has 2 N–H and O–H groups in total. The zero-order valence-corrected chi connectivity index (χ0v) is 12.9. The van der Waals surface area contributed by atoms with Crippen molar-refractivity contribution in [2.24, 2.45) is 7.05 Å². The zero-order chi connectivity index (χ0) is 15.0. The summed E-state index contributed by atoms with van der Waals surface area (Å²) >= 11 is 0. The number of hydrogen-bond donors (Lipinski definition) is 2. The summed E-state index contributed by atoms with van der Waals surface area (Å²) in [4.78, 5) is 0. The Kier molecular flexibility index (Phi) is 3.72. The number of aryl methyl sites for hydroxylation is 2. The second-order valence-corrected chi connectivity index (χ2v) is 6.03. The molecule has 0 amide bonds. The van der Waals surface area contributed by atoms with Crippen LogP contribution in [0.15, 0.2) is 24.4 Å². The molecule has 3 rings (SSSR count). The van der Waals surface area contributed by atoms with Crippen molar-refractivity contribution in [3.05, 3.63) is 46.8 Å². The Hall–Kier alpha value is -1.81. The van der Waals surface area contributed by atoms with Gasteiger partial charge in [-0.1, -0.05) is 6.07 Å². The van der Waals surface area contributed by atoms with E-state index in [1.54, 1.807) is 6.07 Å². The number of aromatic hydroxyl groups is 1. The summed E-state index contributed by atoms with van der Waals surface area (Å²) in [5, 5.41) is 17.7. The second kappa shape index (κ2) is 5.53. The minimum absolute atomic E-state index is 0.267. The van der Waals surface area contributed by atoms with E-state index in [0.29, 0.717) is 11.8 Å². The first kappa shape index (κ1) is 14.1. The van der Waals surface area contributed by atoms with Gasteiger partial charge in [0.15, 0.2) is 0 Å². The first-order chi connectivity index (χ1) is 10.1. The lowest BCUT2D eigenvalue weighted by Gasteiger charge is -2.29. The molecular formula is C17H23N3O. The van der Waals surface area contributed by atoms with Gasteiger partial charge in [-0.2, -0.15) is 5.10 Å². The van der Waals surface area contributed by atoms with Gasteiger partial charge in [0.2, 0.25) is 0 Å². The first-order valence-corrected chi connectivity index (χ1v) is 7.62. The molecule has 0 bridgehead atoms. The maximum atomic E-state index is 9.64. The van der Waals surface area contributed by atoms with E-state index >= 15 is 0 Å². The van der Waals surface area contributed by atoms with Crippen LogP contribution in [0.3, 0.4) is 0 Å². The van der Waals surface area contributed by atoms with E-state index in [9.17, 15) is 5.11 Å². The fraction of sp³-hybridized carbons (Fsp3) is 0.471. The van der Waals surface area contributed by atoms with Crippen molar-refractivity contribution in [3.8, 4) is 5.75 Å². The largest absolute Gasteiger partial charge is 0.508 e. The molecule has 112 valence electrons. The molecule has 0 saturated carbocycles. The van der Waals surface area contributed by atoms with Gasteiger partial charge in [-0.3, -0.25) is 4.68 Å². The van der Waals surface area contributed by atoms with Crippen molar-refractivity contribution in [1.29, 1.82) is 0 Å². The molecule has 21 heavy (non-hydrogen) atoms. The van der Waals surface area contributed by atoms with E-state index < -0.39 is 0 Å². The third-order valence-electron chi connectivity index (χ3n) is 4.63. The molecule has 4 heteroatoms. The Labute approximate surface area is 125 Å². The standard InChI is InChI=1S/C17H23N3O/c1-11(16-10-18-20(3)12(16)2)19-17-6-4-5-13-9-14(21)7-8-15(13)17/h7-11,17,19,21H,4-6H2,1-3H3. The molecule has 1 aromatic carbocycles. The Morgan fingerprint density at radius 1 is 1.43 bits per heavy atom. The van der Waals surface area contributed by atoms with Gasteiger partial charge in [-0.25, -0.2) is 0 Å². The fourth-order valence-corrected chi connectivity index (χ4v) is 3.31. The predicted octanol–water partition coefficient (Wildman–Crippen LogP) is 3.16. The number of nitrogens with zero attached hydrogens (tertiary/aromatic N) is 2. The predicted molar refractivity (Wildman–Crippen MR) is 83.3 cm³/mol. The fourth-order valence-electron chi connectivity index (χ4n) is 3.31. The molecule has 1 aliphatic carbocycles. The highest BCUT2D eigenvalue weighted by atomic mass is 16.3. The summed E-state index contributed by atoms with van der Waals surface area (Å²) in [6.07, 6.45) is 5.31. The SMILES string of the molecule is Cc1c(C(C)NC2CCCc3cc(O)ccc32)cnn1C. The van der Waals surface area contributed by atoms with Gasteiger partial charge in [0.25, 0.3) is 0 Å². The number of aromatic nitrogens is 2. The van der Waals surface area contributed by atoms with E-state index in [1.807, 2.05) is 24.0 Å². The maximum Gasteiger partial charge on any atom is 0.115 e. The quantitative estimate of drug-likeness (QED) is 0.910. The minimum Gasteiger partial charge on any atom is -0.508 e. The van der Waals surface area contributed by atoms with E-state index in [2.05, 4.69) is 30.3 Å². The third-order valence-corrected chi connectivity index (χ3v) is 4.63. The lowest BCUT2D eigenvalue weighted by Crippen LogP contribution is -2.28. The molecule has 0 spiro atoms. The smallest absolute Gasteiger partial charge is 0.115 e. The lowest BCUT2D eigenvalue weighted by molar-refractivity contribution is 0.412. The average molecular weight is 285 g/mol. The molecular weight excluding hydrogens is 262 g/mol. The van der Waals surface area contributed by atoms with Crippen LogP contribution < -0.4 is 5.32 Å². The second-order valence-electron chi connectivity index (χ2n) is 6.03. The molecule has 2 unspecified atom stereocenters. The highest BCUT2D eigenvalue weighted by molar-refractivity contribution is 5.38. The highest BCUT2D eigenvalue weighted by Gasteiger charge is 2.23. The summed E-state index contributed by atoms with van der Waals surface area (Å²) in [7, 11) is 1.98. The number of phenolic OH excluding ortho intramolecular Hbond substituents is 1. The van der Waals surface area contributed by atoms with E-state index in [0.717, 1.165) is 19.3 Å². The summed E-state index contributed by atoms with van der Waals surface area (Å²) in [5.41, 5.74) is 5.06. The monoisotopic (exact) mass is 285 g/mol. The third kappa shape index (κ3) is 2.68. The Morgan fingerprint density at radius 3 is 2.95 bits per heavy atom. The Bertz CT molecular complexity index is 647. The molecule has 0 aliphatic heterocycles. The van der Waals surface area contributed by atoms with Crippen LogP contribution >= 0.6 is 0 Å². The molecule has 0 radical (unpaired) electrons. The van der Waals surface area contributed by atoms with Gasteiger partial charge in [0.1, 0.15) is 5.75 Å². The molecule has 4 nitrogen and oxygen atoms in total. The average Bonchev–Trinajstić information content (AvgIpc) is 2.79. The minimum atomic E-state index is 0.267. The van der Waals surface area contributed by atoms with Gasteiger partial charge in [-0.05, 0) is 56.4 Å². The normalized spacial score (nSPS) is 19.3. The highest BCUT2D eigenvalue weighted by Crippen LogP contribution is 2.33. The van der Waals surface area contributed by atoms with Gasteiger partial charge in [0, 0.05) is 30.4 Å². The molecule has 2 atom stereocenters. The van der Waals surface area contributed by atoms with Crippen LogP contribution in [0.1, 0.15) is 54.2 Å². The van der Waals surface area contributed by atoms with Crippen LogP contribution in [0, 0.1) is 6.92 Å². The van der Waals surface area contributed by atoms with Gasteiger partial charge in [-0.15, -0.1) is 0 Å². The van der Waals surface area contributed by atoms with Crippen LogP contribution in [0.25, 0.3) is 0 Å². The van der Waals surface area contributed by atoms with Gasteiger partial charge >= 0.3 is 0 Å². The number of fused-ring (bicyclic) bond motifs is 1. The Morgan fingerprint density at radius 2 is 2.24 bits per heavy atom.